The Hall–Kier alpha value is -0.600. The van der Waals surface area contributed by atoms with Crippen LogP contribution >= 0.6 is 11.6 Å². The second-order valence-corrected chi connectivity index (χ2v) is 6.09. The molecule has 100 valence electrons. The smallest absolute Gasteiger partial charge is 0.142 e. The van der Waals surface area contributed by atoms with E-state index >= 15 is 0 Å². The average molecular weight is 271 g/mol. The summed E-state index contributed by atoms with van der Waals surface area (Å²) in [4.78, 5) is 0. The SMILES string of the molecule is CC1CCCC(O)(Cc2ccc(Cl)c(F)c2)C1C. The van der Waals surface area contributed by atoms with Crippen LogP contribution in [0, 0.1) is 17.7 Å². The molecule has 18 heavy (non-hydrogen) atoms. The lowest BCUT2D eigenvalue weighted by molar-refractivity contribution is -0.0621. The van der Waals surface area contributed by atoms with Crippen LogP contribution in [0.5, 0.6) is 0 Å². The fourth-order valence-corrected chi connectivity index (χ4v) is 3.11. The highest BCUT2D eigenvalue weighted by Gasteiger charge is 2.39. The first kappa shape index (κ1) is 13.8. The number of benzene rings is 1. The van der Waals surface area contributed by atoms with Crippen LogP contribution in [-0.4, -0.2) is 10.7 Å². The highest BCUT2D eigenvalue weighted by atomic mass is 35.5. The fraction of sp³-hybridized carbons (Fsp3) is 0.600. The van der Waals surface area contributed by atoms with E-state index in [2.05, 4.69) is 13.8 Å². The van der Waals surface area contributed by atoms with E-state index in [1.165, 1.54) is 12.5 Å². The molecule has 1 aliphatic rings. The molecule has 0 radical (unpaired) electrons. The van der Waals surface area contributed by atoms with Gasteiger partial charge in [0.25, 0.3) is 0 Å². The minimum Gasteiger partial charge on any atom is -0.389 e. The summed E-state index contributed by atoms with van der Waals surface area (Å²) in [7, 11) is 0. The predicted molar refractivity (Wildman–Crippen MR) is 72.2 cm³/mol. The predicted octanol–water partition coefficient (Wildman–Crippen LogP) is 4.21. The molecular weight excluding hydrogens is 251 g/mol. The summed E-state index contributed by atoms with van der Waals surface area (Å²) in [5, 5.41) is 10.9. The molecule has 0 bridgehead atoms. The maximum absolute atomic E-state index is 13.4. The number of aliphatic hydroxyl groups is 1. The number of halogens is 2. The van der Waals surface area contributed by atoms with Gasteiger partial charge in [0.2, 0.25) is 0 Å². The Labute approximate surface area is 113 Å². The molecule has 3 unspecified atom stereocenters. The average Bonchev–Trinajstić information content (AvgIpc) is 2.31. The lowest BCUT2D eigenvalue weighted by atomic mass is 9.68. The van der Waals surface area contributed by atoms with Gasteiger partial charge in [-0.25, -0.2) is 4.39 Å². The molecule has 0 spiro atoms. The van der Waals surface area contributed by atoms with Gasteiger partial charge in [-0.2, -0.15) is 0 Å². The fourth-order valence-electron chi connectivity index (χ4n) is 2.99. The van der Waals surface area contributed by atoms with Crippen LogP contribution < -0.4 is 0 Å². The standard InChI is InChI=1S/C15H20ClFO/c1-10-4-3-7-15(18,11(10)2)9-12-5-6-13(16)14(17)8-12/h5-6,8,10-11,18H,3-4,7,9H2,1-2H3. The number of rotatable bonds is 2. The molecule has 1 aromatic carbocycles. The van der Waals surface area contributed by atoms with Gasteiger partial charge < -0.3 is 5.11 Å². The molecule has 1 aromatic rings. The summed E-state index contributed by atoms with van der Waals surface area (Å²) in [5.41, 5.74) is 0.109. The zero-order valence-corrected chi connectivity index (χ0v) is 11.7. The molecule has 3 atom stereocenters. The van der Waals surface area contributed by atoms with Crippen molar-refractivity contribution < 1.29 is 9.50 Å². The van der Waals surface area contributed by atoms with Crippen molar-refractivity contribution in [1.29, 1.82) is 0 Å². The lowest BCUT2D eigenvalue weighted by Gasteiger charge is -2.42. The van der Waals surface area contributed by atoms with E-state index in [1.807, 2.05) is 0 Å². The number of hydrogen-bond acceptors (Lipinski definition) is 1. The highest BCUT2D eigenvalue weighted by molar-refractivity contribution is 6.30. The molecule has 0 amide bonds. The van der Waals surface area contributed by atoms with Gasteiger partial charge in [-0.05, 0) is 36.0 Å². The van der Waals surface area contributed by atoms with Gasteiger partial charge in [-0.1, -0.05) is 44.4 Å². The Morgan fingerprint density at radius 1 is 1.44 bits per heavy atom. The van der Waals surface area contributed by atoms with Gasteiger partial charge >= 0.3 is 0 Å². The molecular formula is C15H20ClFO. The topological polar surface area (TPSA) is 20.2 Å². The minimum absolute atomic E-state index is 0.135. The molecule has 1 saturated carbocycles. The summed E-state index contributed by atoms with van der Waals surface area (Å²) in [6.07, 6.45) is 3.51. The Kier molecular flexibility index (Phi) is 3.98. The maximum atomic E-state index is 13.4. The molecule has 1 N–H and O–H groups in total. The minimum atomic E-state index is -0.710. The van der Waals surface area contributed by atoms with E-state index in [0.29, 0.717) is 12.3 Å². The largest absolute Gasteiger partial charge is 0.389 e. The first-order chi connectivity index (χ1) is 8.42. The van der Waals surface area contributed by atoms with E-state index < -0.39 is 11.4 Å². The summed E-state index contributed by atoms with van der Waals surface area (Å²) < 4.78 is 13.4. The first-order valence-corrected chi connectivity index (χ1v) is 6.96. The van der Waals surface area contributed by atoms with Crippen molar-refractivity contribution in [3.8, 4) is 0 Å². The molecule has 0 aromatic heterocycles. The van der Waals surface area contributed by atoms with Crippen LogP contribution in [0.2, 0.25) is 5.02 Å². The molecule has 0 heterocycles. The monoisotopic (exact) mass is 270 g/mol. The van der Waals surface area contributed by atoms with E-state index in [9.17, 15) is 9.50 Å². The summed E-state index contributed by atoms with van der Waals surface area (Å²) in [6.45, 7) is 4.27. The van der Waals surface area contributed by atoms with Gasteiger partial charge in [0, 0.05) is 6.42 Å². The van der Waals surface area contributed by atoms with Crippen molar-refractivity contribution in [2.45, 2.75) is 45.1 Å². The third kappa shape index (κ3) is 2.70. The lowest BCUT2D eigenvalue weighted by Crippen LogP contribution is -2.44. The molecule has 1 fully saturated rings. The van der Waals surface area contributed by atoms with Gasteiger partial charge in [0.05, 0.1) is 10.6 Å². The summed E-state index contributed by atoms with van der Waals surface area (Å²) >= 11 is 5.67. The van der Waals surface area contributed by atoms with E-state index in [1.54, 1.807) is 12.1 Å². The first-order valence-electron chi connectivity index (χ1n) is 6.59. The van der Waals surface area contributed by atoms with Crippen LogP contribution in [0.25, 0.3) is 0 Å². The van der Waals surface area contributed by atoms with Crippen LogP contribution in [0.3, 0.4) is 0 Å². The molecule has 1 aliphatic carbocycles. The van der Waals surface area contributed by atoms with Crippen molar-refractivity contribution >= 4 is 11.6 Å². The van der Waals surface area contributed by atoms with Gasteiger partial charge in [0.15, 0.2) is 0 Å². The highest BCUT2D eigenvalue weighted by Crippen LogP contribution is 2.39. The third-order valence-corrected chi connectivity index (χ3v) is 4.77. The van der Waals surface area contributed by atoms with E-state index in [-0.39, 0.29) is 10.9 Å². The van der Waals surface area contributed by atoms with Crippen molar-refractivity contribution in [3.63, 3.8) is 0 Å². The molecule has 3 heteroatoms. The zero-order valence-electron chi connectivity index (χ0n) is 10.9. The number of hydrogen-bond donors (Lipinski definition) is 1. The Morgan fingerprint density at radius 3 is 2.83 bits per heavy atom. The maximum Gasteiger partial charge on any atom is 0.142 e. The Balaban J connectivity index is 2.18. The molecule has 0 saturated heterocycles. The summed E-state index contributed by atoms with van der Waals surface area (Å²) in [5.74, 6) is 0.347. The van der Waals surface area contributed by atoms with E-state index in [0.717, 1.165) is 18.4 Å². The van der Waals surface area contributed by atoms with Crippen LogP contribution in [0.4, 0.5) is 4.39 Å². The Bertz CT molecular complexity index is 435. The molecule has 1 nitrogen and oxygen atoms in total. The van der Waals surface area contributed by atoms with Gasteiger partial charge in [-0.15, -0.1) is 0 Å². The quantitative estimate of drug-likeness (QED) is 0.854. The molecule has 0 aliphatic heterocycles. The zero-order chi connectivity index (χ0) is 13.3. The van der Waals surface area contributed by atoms with E-state index in [4.69, 9.17) is 11.6 Å². The van der Waals surface area contributed by atoms with Crippen LogP contribution in [0.1, 0.15) is 38.7 Å². The van der Waals surface area contributed by atoms with Crippen LogP contribution in [-0.2, 0) is 6.42 Å². The van der Waals surface area contributed by atoms with Crippen LogP contribution in [0.15, 0.2) is 18.2 Å². The van der Waals surface area contributed by atoms with Crippen molar-refractivity contribution in [1.82, 2.24) is 0 Å². The Morgan fingerprint density at radius 2 is 2.17 bits per heavy atom. The normalized spacial score (nSPS) is 32.5. The second-order valence-electron chi connectivity index (χ2n) is 5.69. The summed E-state index contributed by atoms with van der Waals surface area (Å²) in [6, 6.07) is 4.80. The van der Waals surface area contributed by atoms with Gasteiger partial charge in [-0.3, -0.25) is 0 Å². The third-order valence-electron chi connectivity index (χ3n) is 4.46. The molecule has 2 rings (SSSR count). The van der Waals surface area contributed by atoms with Gasteiger partial charge in [0.1, 0.15) is 5.82 Å². The van der Waals surface area contributed by atoms with Crippen molar-refractivity contribution in [2.24, 2.45) is 11.8 Å². The van der Waals surface area contributed by atoms with Crippen molar-refractivity contribution in [3.05, 3.63) is 34.6 Å². The second kappa shape index (κ2) is 5.18. The van der Waals surface area contributed by atoms with Crippen molar-refractivity contribution in [2.75, 3.05) is 0 Å².